The molecule has 0 aliphatic carbocycles. The van der Waals surface area contributed by atoms with Gasteiger partial charge in [0.25, 0.3) is 0 Å². The number of nitrogens with zero attached hydrogens (tertiary/aromatic N) is 5. The molecule has 0 atom stereocenters. The monoisotopic (exact) mass is 248 g/mol. The zero-order valence-electron chi connectivity index (χ0n) is 9.00. The highest BCUT2D eigenvalue weighted by molar-refractivity contribution is 6.32. The van der Waals surface area contributed by atoms with E-state index in [1.54, 1.807) is 15.4 Å². The Morgan fingerprint density at radius 2 is 2.18 bits per heavy atom. The Morgan fingerprint density at radius 1 is 1.35 bits per heavy atom. The van der Waals surface area contributed by atoms with Gasteiger partial charge in [0, 0.05) is 0 Å². The third-order valence-electron chi connectivity index (χ3n) is 2.44. The van der Waals surface area contributed by atoms with Crippen molar-refractivity contribution in [3.8, 4) is 5.82 Å². The molecule has 0 spiro atoms. The zero-order valence-corrected chi connectivity index (χ0v) is 9.76. The summed E-state index contributed by atoms with van der Waals surface area (Å²) in [5.41, 5.74) is 7.44. The van der Waals surface area contributed by atoms with Gasteiger partial charge < -0.3 is 5.73 Å². The van der Waals surface area contributed by atoms with E-state index in [0.29, 0.717) is 10.8 Å². The van der Waals surface area contributed by atoms with Crippen LogP contribution in [0.3, 0.4) is 0 Å². The lowest BCUT2D eigenvalue weighted by Gasteiger charge is -2.05. The normalized spacial score (nSPS) is 11.2. The lowest BCUT2D eigenvalue weighted by atomic mass is 10.3. The lowest BCUT2D eigenvalue weighted by molar-refractivity contribution is 0.790. The van der Waals surface area contributed by atoms with E-state index in [-0.39, 0.29) is 0 Å². The predicted molar refractivity (Wildman–Crippen MR) is 64.3 cm³/mol. The van der Waals surface area contributed by atoms with Crippen molar-refractivity contribution >= 4 is 23.1 Å². The number of rotatable bonds is 1. The number of nitrogens with two attached hydrogens (primary N) is 1. The number of pyridine rings is 1. The average Bonchev–Trinajstić information content (AvgIpc) is 2.85. The Balaban J connectivity index is 2.32. The number of hydrogen-bond donors (Lipinski definition) is 1. The van der Waals surface area contributed by atoms with E-state index in [1.165, 1.54) is 6.33 Å². The van der Waals surface area contributed by atoms with Gasteiger partial charge in [-0.3, -0.25) is 0 Å². The molecule has 3 aromatic rings. The first kappa shape index (κ1) is 10.1. The highest BCUT2D eigenvalue weighted by Gasteiger charge is 2.09. The summed E-state index contributed by atoms with van der Waals surface area (Å²) in [6, 6.07) is 3.87. The molecule has 17 heavy (non-hydrogen) atoms. The number of hydrogen-bond acceptors (Lipinski definition) is 4. The van der Waals surface area contributed by atoms with Gasteiger partial charge >= 0.3 is 0 Å². The fraction of sp³-hybridized carbons (Fsp3) is 0.100. The average molecular weight is 249 g/mol. The van der Waals surface area contributed by atoms with Gasteiger partial charge in [-0.2, -0.15) is 9.61 Å². The summed E-state index contributed by atoms with van der Waals surface area (Å²) >= 11 is 5.89. The van der Waals surface area contributed by atoms with Gasteiger partial charge in [0.05, 0.1) is 6.20 Å². The second kappa shape index (κ2) is 3.46. The Bertz CT molecular complexity index is 678. The number of halogens is 1. The largest absolute Gasteiger partial charge is 0.381 e. The first-order valence-electron chi connectivity index (χ1n) is 4.96. The van der Waals surface area contributed by atoms with Crippen LogP contribution in [-0.2, 0) is 0 Å². The van der Waals surface area contributed by atoms with E-state index in [1.807, 2.05) is 19.1 Å². The number of fused-ring (bicyclic) bond motifs is 1. The maximum absolute atomic E-state index is 5.89. The molecule has 86 valence electrons. The quantitative estimate of drug-likeness (QED) is 0.708. The van der Waals surface area contributed by atoms with E-state index in [2.05, 4.69) is 15.2 Å². The second-order valence-corrected chi connectivity index (χ2v) is 4.13. The molecular weight excluding hydrogens is 240 g/mol. The Hall–Kier alpha value is -2.08. The van der Waals surface area contributed by atoms with Crippen LogP contribution in [-0.4, -0.2) is 24.4 Å². The summed E-state index contributed by atoms with van der Waals surface area (Å²) in [6.45, 7) is 1.98. The fourth-order valence-electron chi connectivity index (χ4n) is 1.68. The third-order valence-corrected chi connectivity index (χ3v) is 2.73. The molecular formula is C10H9ClN6. The van der Waals surface area contributed by atoms with Crippen molar-refractivity contribution in [2.24, 2.45) is 0 Å². The van der Waals surface area contributed by atoms with Crippen molar-refractivity contribution in [1.29, 1.82) is 0 Å². The van der Waals surface area contributed by atoms with Crippen molar-refractivity contribution in [1.82, 2.24) is 24.4 Å². The summed E-state index contributed by atoms with van der Waals surface area (Å²) in [7, 11) is 0. The summed E-state index contributed by atoms with van der Waals surface area (Å²) in [5.74, 6) is 1.04. The minimum absolute atomic E-state index is 0.293. The van der Waals surface area contributed by atoms with E-state index < -0.39 is 0 Å². The van der Waals surface area contributed by atoms with Crippen LogP contribution < -0.4 is 5.73 Å². The van der Waals surface area contributed by atoms with Crippen LogP contribution in [0.5, 0.6) is 0 Å². The summed E-state index contributed by atoms with van der Waals surface area (Å²) < 4.78 is 3.27. The van der Waals surface area contributed by atoms with Crippen LogP contribution in [0.15, 0.2) is 24.7 Å². The van der Waals surface area contributed by atoms with Gasteiger partial charge in [-0.25, -0.2) is 9.67 Å². The highest BCUT2D eigenvalue weighted by atomic mass is 35.5. The highest BCUT2D eigenvalue weighted by Crippen LogP contribution is 2.19. The number of anilines is 1. The van der Waals surface area contributed by atoms with Gasteiger partial charge in [-0.1, -0.05) is 11.6 Å². The molecule has 6 nitrogen and oxygen atoms in total. The minimum atomic E-state index is 0.293. The molecule has 0 aromatic carbocycles. The van der Waals surface area contributed by atoms with Crippen LogP contribution in [0.4, 0.5) is 5.82 Å². The SMILES string of the molecule is Cc1cc(-n2cc(Cl)c(N)n2)n2ncnc2c1. The second-order valence-electron chi connectivity index (χ2n) is 3.73. The van der Waals surface area contributed by atoms with Gasteiger partial charge in [0.15, 0.2) is 17.3 Å². The molecule has 0 bridgehead atoms. The summed E-state index contributed by atoms with van der Waals surface area (Å²) in [5, 5.41) is 8.68. The Labute approximate surface area is 102 Å². The van der Waals surface area contributed by atoms with Crippen molar-refractivity contribution in [3.63, 3.8) is 0 Å². The van der Waals surface area contributed by atoms with Crippen molar-refractivity contribution in [3.05, 3.63) is 35.2 Å². The van der Waals surface area contributed by atoms with Crippen molar-refractivity contribution in [2.75, 3.05) is 5.73 Å². The molecule has 0 radical (unpaired) electrons. The fourth-order valence-corrected chi connectivity index (χ4v) is 1.81. The molecule has 0 unspecified atom stereocenters. The van der Waals surface area contributed by atoms with Gasteiger partial charge in [-0.15, -0.1) is 5.10 Å². The van der Waals surface area contributed by atoms with E-state index >= 15 is 0 Å². The molecule has 7 heteroatoms. The smallest absolute Gasteiger partial charge is 0.164 e. The van der Waals surface area contributed by atoms with Crippen LogP contribution in [0.2, 0.25) is 5.02 Å². The molecule has 0 amide bonds. The molecule has 3 heterocycles. The van der Waals surface area contributed by atoms with E-state index in [4.69, 9.17) is 17.3 Å². The van der Waals surface area contributed by atoms with Crippen LogP contribution in [0.25, 0.3) is 11.5 Å². The first-order valence-corrected chi connectivity index (χ1v) is 5.34. The third kappa shape index (κ3) is 1.53. The van der Waals surface area contributed by atoms with Gasteiger partial charge in [0.1, 0.15) is 11.3 Å². The molecule has 0 aliphatic rings. The number of aromatic nitrogens is 5. The molecule has 2 N–H and O–H groups in total. The number of aryl methyl sites for hydroxylation is 1. The summed E-state index contributed by atoms with van der Waals surface area (Å²) in [4.78, 5) is 4.14. The molecule has 0 saturated heterocycles. The Morgan fingerprint density at radius 3 is 2.88 bits per heavy atom. The Kier molecular flexibility index (Phi) is 2.05. The maximum atomic E-state index is 5.89. The summed E-state index contributed by atoms with van der Waals surface area (Å²) in [6.07, 6.45) is 3.14. The van der Waals surface area contributed by atoms with Crippen LogP contribution in [0, 0.1) is 6.92 Å². The standard InChI is InChI=1S/C10H9ClN6/c1-6-2-8-13-5-14-17(8)9(3-6)16-4-7(11)10(12)15-16/h2-5H,1H3,(H2,12,15). The van der Waals surface area contributed by atoms with Gasteiger partial charge in [-0.05, 0) is 24.6 Å². The molecule has 3 rings (SSSR count). The first-order chi connectivity index (χ1) is 8.15. The molecule has 0 fully saturated rings. The van der Waals surface area contributed by atoms with Crippen molar-refractivity contribution in [2.45, 2.75) is 6.92 Å². The van der Waals surface area contributed by atoms with E-state index in [9.17, 15) is 0 Å². The minimum Gasteiger partial charge on any atom is -0.381 e. The predicted octanol–water partition coefficient (Wildman–Crippen LogP) is 1.46. The zero-order chi connectivity index (χ0) is 12.0. The van der Waals surface area contributed by atoms with E-state index in [0.717, 1.165) is 17.0 Å². The van der Waals surface area contributed by atoms with Gasteiger partial charge in [0.2, 0.25) is 0 Å². The number of nitrogen functional groups attached to an aromatic ring is 1. The lowest BCUT2D eigenvalue weighted by Crippen LogP contribution is -2.05. The molecule has 0 aliphatic heterocycles. The molecule has 3 aromatic heterocycles. The maximum Gasteiger partial charge on any atom is 0.164 e. The van der Waals surface area contributed by atoms with Crippen molar-refractivity contribution < 1.29 is 0 Å². The topological polar surface area (TPSA) is 74.0 Å². The molecule has 0 saturated carbocycles. The van der Waals surface area contributed by atoms with Crippen LogP contribution in [0.1, 0.15) is 5.56 Å². The van der Waals surface area contributed by atoms with Crippen LogP contribution >= 0.6 is 11.6 Å².